The van der Waals surface area contributed by atoms with Crippen molar-refractivity contribution in [1.29, 1.82) is 0 Å². The Labute approximate surface area is 120 Å². The van der Waals surface area contributed by atoms with Crippen molar-refractivity contribution >= 4 is 10.0 Å². The quantitative estimate of drug-likeness (QED) is 0.919. The van der Waals surface area contributed by atoms with Gasteiger partial charge in [0.05, 0.1) is 11.8 Å². The molecule has 0 amide bonds. The van der Waals surface area contributed by atoms with Crippen LogP contribution in [0.3, 0.4) is 0 Å². The summed E-state index contributed by atoms with van der Waals surface area (Å²) in [7, 11) is -3.28. The lowest BCUT2D eigenvalue weighted by Gasteiger charge is -2.19. The predicted molar refractivity (Wildman–Crippen MR) is 82.1 cm³/mol. The van der Waals surface area contributed by atoms with Crippen LogP contribution < -0.4 is 4.72 Å². The van der Waals surface area contributed by atoms with E-state index in [4.69, 9.17) is 0 Å². The number of sulfonamides is 1. The first-order valence-electron chi connectivity index (χ1n) is 6.63. The topological polar surface area (TPSA) is 46.2 Å². The molecule has 0 aliphatic rings. The van der Waals surface area contributed by atoms with Gasteiger partial charge in [0, 0.05) is 0 Å². The highest BCUT2D eigenvalue weighted by Crippen LogP contribution is 2.23. The maximum Gasteiger partial charge on any atom is 0.212 e. The van der Waals surface area contributed by atoms with E-state index in [1.54, 1.807) is 6.92 Å². The van der Waals surface area contributed by atoms with Crippen LogP contribution >= 0.6 is 0 Å². The lowest BCUT2D eigenvalue weighted by molar-refractivity contribution is 0.573. The number of nitrogens with one attached hydrogen (secondary N) is 1. The van der Waals surface area contributed by atoms with Crippen molar-refractivity contribution in [2.45, 2.75) is 19.9 Å². The smallest absolute Gasteiger partial charge is 0.212 e. The minimum absolute atomic E-state index is 0.0716. The van der Waals surface area contributed by atoms with Gasteiger partial charge in [-0.25, -0.2) is 13.1 Å². The fourth-order valence-corrected chi connectivity index (χ4v) is 2.79. The molecule has 0 heterocycles. The highest BCUT2D eigenvalue weighted by molar-refractivity contribution is 7.89. The second-order valence-corrected chi connectivity index (χ2v) is 6.82. The Balaban J connectivity index is 2.42. The summed E-state index contributed by atoms with van der Waals surface area (Å²) in [5.74, 6) is 0.0716. The molecule has 0 fully saturated rings. The third kappa shape index (κ3) is 3.68. The second kappa shape index (κ2) is 6.20. The van der Waals surface area contributed by atoms with E-state index in [0.717, 1.165) is 16.7 Å². The summed E-state index contributed by atoms with van der Waals surface area (Å²) < 4.78 is 26.6. The van der Waals surface area contributed by atoms with E-state index in [2.05, 4.69) is 4.72 Å². The van der Waals surface area contributed by atoms with E-state index in [1.807, 2.05) is 61.5 Å². The van der Waals surface area contributed by atoms with Crippen molar-refractivity contribution in [3.05, 3.63) is 71.3 Å². The Kier molecular flexibility index (Phi) is 4.57. The number of benzene rings is 2. The minimum Gasteiger partial charge on any atom is -0.212 e. The highest BCUT2D eigenvalue weighted by Gasteiger charge is 2.19. The van der Waals surface area contributed by atoms with Crippen molar-refractivity contribution in [3.63, 3.8) is 0 Å². The van der Waals surface area contributed by atoms with Crippen LogP contribution in [-0.2, 0) is 10.0 Å². The van der Waals surface area contributed by atoms with Crippen molar-refractivity contribution in [2.24, 2.45) is 0 Å². The molecule has 0 saturated carbocycles. The number of aryl methyl sites for hydroxylation is 1. The average Bonchev–Trinajstić information content (AvgIpc) is 2.47. The molecule has 0 aliphatic heterocycles. The molecule has 0 bridgehead atoms. The molecule has 1 unspecified atom stereocenters. The van der Waals surface area contributed by atoms with Crippen molar-refractivity contribution in [1.82, 2.24) is 4.72 Å². The lowest BCUT2D eigenvalue weighted by Crippen LogP contribution is -2.30. The number of hydrogen-bond donors (Lipinski definition) is 1. The highest BCUT2D eigenvalue weighted by atomic mass is 32.2. The maximum atomic E-state index is 11.9. The third-order valence-corrected chi connectivity index (χ3v) is 4.58. The molecule has 20 heavy (non-hydrogen) atoms. The van der Waals surface area contributed by atoms with Gasteiger partial charge in [0.15, 0.2) is 0 Å². The number of hydrogen-bond acceptors (Lipinski definition) is 2. The Hall–Kier alpha value is -1.65. The molecule has 0 aliphatic carbocycles. The third-order valence-electron chi connectivity index (χ3n) is 3.22. The van der Waals surface area contributed by atoms with Crippen LogP contribution in [0.1, 0.15) is 29.7 Å². The van der Waals surface area contributed by atoms with Gasteiger partial charge in [0.25, 0.3) is 0 Å². The fraction of sp³-hybridized carbons (Fsp3) is 0.250. The molecule has 2 aromatic carbocycles. The first-order chi connectivity index (χ1) is 9.52. The van der Waals surface area contributed by atoms with Crippen LogP contribution in [0.5, 0.6) is 0 Å². The molecule has 3 nitrogen and oxygen atoms in total. The molecule has 0 radical (unpaired) electrons. The SMILES string of the molecule is CCS(=O)(=O)NC(c1ccccc1)c1ccc(C)cc1. The van der Waals surface area contributed by atoms with E-state index < -0.39 is 10.0 Å². The fourth-order valence-electron chi connectivity index (χ4n) is 2.00. The van der Waals surface area contributed by atoms with Crippen molar-refractivity contribution in [2.75, 3.05) is 5.75 Å². The van der Waals surface area contributed by atoms with E-state index in [1.165, 1.54) is 0 Å². The van der Waals surface area contributed by atoms with Gasteiger partial charge in [-0.15, -0.1) is 0 Å². The second-order valence-electron chi connectivity index (χ2n) is 4.78. The normalized spacial score (nSPS) is 13.1. The first-order valence-corrected chi connectivity index (χ1v) is 8.28. The zero-order chi connectivity index (χ0) is 14.6. The molecule has 1 N–H and O–H groups in total. The van der Waals surface area contributed by atoms with E-state index in [-0.39, 0.29) is 11.8 Å². The molecule has 0 saturated heterocycles. The molecule has 4 heteroatoms. The molecule has 0 spiro atoms. The summed E-state index contributed by atoms with van der Waals surface area (Å²) in [4.78, 5) is 0. The summed E-state index contributed by atoms with van der Waals surface area (Å²) in [6, 6.07) is 17.2. The van der Waals surface area contributed by atoms with Crippen LogP contribution in [0.2, 0.25) is 0 Å². The summed E-state index contributed by atoms with van der Waals surface area (Å²) in [6.45, 7) is 3.65. The Morgan fingerprint density at radius 3 is 2.05 bits per heavy atom. The molecule has 106 valence electrons. The van der Waals surface area contributed by atoms with Crippen LogP contribution in [0.4, 0.5) is 0 Å². The monoisotopic (exact) mass is 289 g/mol. The zero-order valence-corrected chi connectivity index (χ0v) is 12.5. The van der Waals surface area contributed by atoms with Gasteiger partial charge in [-0.3, -0.25) is 0 Å². The van der Waals surface area contributed by atoms with Gasteiger partial charge in [0.2, 0.25) is 10.0 Å². The van der Waals surface area contributed by atoms with Crippen LogP contribution in [0.25, 0.3) is 0 Å². The van der Waals surface area contributed by atoms with Crippen LogP contribution in [0, 0.1) is 6.92 Å². The number of rotatable bonds is 5. The van der Waals surface area contributed by atoms with Gasteiger partial charge < -0.3 is 0 Å². The van der Waals surface area contributed by atoms with Crippen molar-refractivity contribution < 1.29 is 8.42 Å². The van der Waals surface area contributed by atoms with Crippen molar-refractivity contribution in [3.8, 4) is 0 Å². The van der Waals surface area contributed by atoms with Gasteiger partial charge in [-0.2, -0.15) is 0 Å². The lowest BCUT2D eigenvalue weighted by atomic mass is 9.99. The van der Waals surface area contributed by atoms with E-state index in [9.17, 15) is 8.42 Å². The van der Waals surface area contributed by atoms with Gasteiger partial charge in [-0.05, 0) is 25.0 Å². The first kappa shape index (κ1) is 14.8. The van der Waals surface area contributed by atoms with Crippen LogP contribution in [0.15, 0.2) is 54.6 Å². The van der Waals surface area contributed by atoms with Gasteiger partial charge >= 0.3 is 0 Å². The summed E-state index contributed by atoms with van der Waals surface area (Å²) >= 11 is 0. The molecule has 2 aromatic rings. The molecule has 1 atom stereocenters. The average molecular weight is 289 g/mol. The molecular weight excluding hydrogens is 270 g/mol. The minimum atomic E-state index is -3.28. The van der Waals surface area contributed by atoms with E-state index in [0.29, 0.717) is 0 Å². The summed E-state index contributed by atoms with van der Waals surface area (Å²) in [5, 5.41) is 0. The van der Waals surface area contributed by atoms with E-state index >= 15 is 0 Å². The summed E-state index contributed by atoms with van der Waals surface area (Å²) in [6.07, 6.45) is 0. The zero-order valence-electron chi connectivity index (χ0n) is 11.7. The standard InChI is InChI=1S/C16H19NO2S/c1-3-20(18,19)17-16(14-7-5-4-6-8-14)15-11-9-13(2)10-12-15/h4-12,16-17H,3H2,1-2H3. The van der Waals surface area contributed by atoms with Gasteiger partial charge in [0.1, 0.15) is 0 Å². The largest absolute Gasteiger partial charge is 0.212 e. The van der Waals surface area contributed by atoms with Crippen LogP contribution in [-0.4, -0.2) is 14.2 Å². The maximum absolute atomic E-state index is 11.9. The Morgan fingerprint density at radius 1 is 0.950 bits per heavy atom. The molecule has 0 aromatic heterocycles. The predicted octanol–water partition coefficient (Wildman–Crippen LogP) is 3.02. The molecule has 2 rings (SSSR count). The molecular formula is C16H19NO2S. The summed E-state index contributed by atoms with van der Waals surface area (Å²) in [5.41, 5.74) is 3.03. The van der Waals surface area contributed by atoms with Gasteiger partial charge in [-0.1, -0.05) is 60.2 Å². The Morgan fingerprint density at radius 2 is 1.50 bits per heavy atom. The Bertz CT molecular complexity index is 649.